The van der Waals surface area contributed by atoms with Crippen LogP contribution in [0.2, 0.25) is 0 Å². The normalized spacial score (nSPS) is 10.6. The molecule has 0 saturated heterocycles. The van der Waals surface area contributed by atoms with Gasteiger partial charge in [0.2, 0.25) is 11.8 Å². The van der Waals surface area contributed by atoms with Crippen LogP contribution in [0, 0.1) is 26.6 Å². The number of nitrogens with zero attached hydrogens (tertiary/aromatic N) is 2. The third-order valence-electron chi connectivity index (χ3n) is 2.94. The number of carbonyl (C=O) groups excluding carboxylic acids is 1. The maximum absolute atomic E-state index is 13.7. The van der Waals surface area contributed by atoms with E-state index in [1.807, 2.05) is 0 Å². The summed E-state index contributed by atoms with van der Waals surface area (Å²) in [6, 6.07) is 1.68. The van der Waals surface area contributed by atoms with Crippen molar-refractivity contribution in [3.05, 3.63) is 28.6 Å². The van der Waals surface area contributed by atoms with Gasteiger partial charge in [-0.2, -0.15) is 0 Å². The molecule has 0 bridgehead atoms. The Bertz CT molecular complexity index is 650. The van der Waals surface area contributed by atoms with Gasteiger partial charge in [0.15, 0.2) is 0 Å². The fourth-order valence-electron chi connectivity index (χ4n) is 1.81. The molecule has 0 spiro atoms. The summed E-state index contributed by atoms with van der Waals surface area (Å²) in [5.41, 5.74) is 2.47. The molecule has 2 rings (SSSR count). The maximum atomic E-state index is 13.7. The Morgan fingerprint density at radius 2 is 1.95 bits per heavy atom. The second kappa shape index (κ2) is 4.79. The van der Waals surface area contributed by atoms with Gasteiger partial charge in [-0.3, -0.25) is 10.1 Å². The summed E-state index contributed by atoms with van der Waals surface area (Å²) >= 11 is 0. The van der Waals surface area contributed by atoms with Gasteiger partial charge in [0.25, 0.3) is 0 Å². The summed E-state index contributed by atoms with van der Waals surface area (Å²) in [6.07, 6.45) is 0. The molecule has 1 N–H and O–H groups in total. The van der Waals surface area contributed by atoms with Crippen LogP contribution in [-0.4, -0.2) is 16.1 Å². The molecule has 1 aromatic heterocycles. The van der Waals surface area contributed by atoms with E-state index in [1.165, 1.54) is 6.92 Å². The first-order chi connectivity index (χ1) is 8.90. The van der Waals surface area contributed by atoms with Crippen molar-refractivity contribution in [3.8, 4) is 11.5 Å². The van der Waals surface area contributed by atoms with Crippen molar-refractivity contribution < 1.29 is 13.6 Å². The van der Waals surface area contributed by atoms with Crippen LogP contribution in [-0.2, 0) is 4.79 Å². The van der Waals surface area contributed by atoms with Crippen LogP contribution in [0.4, 0.5) is 10.4 Å². The summed E-state index contributed by atoms with van der Waals surface area (Å²) in [7, 11) is 0. The average molecular weight is 263 g/mol. The van der Waals surface area contributed by atoms with Crippen LogP contribution in [0.1, 0.15) is 23.6 Å². The predicted octanol–water partition coefficient (Wildman–Crippen LogP) is 2.76. The Morgan fingerprint density at radius 1 is 1.26 bits per heavy atom. The van der Waals surface area contributed by atoms with Crippen molar-refractivity contribution in [1.82, 2.24) is 10.2 Å². The highest BCUT2D eigenvalue weighted by Crippen LogP contribution is 2.29. The summed E-state index contributed by atoms with van der Waals surface area (Å²) in [4.78, 5) is 10.9. The zero-order valence-electron chi connectivity index (χ0n) is 11.2. The number of carbonyl (C=O) groups is 1. The number of halogens is 1. The molecule has 0 aliphatic heterocycles. The number of benzene rings is 1. The number of nitrogens with one attached hydrogen (secondary N) is 1. The Labute approximate surface area is 109 Å². The van der Waals surface area contributed by atoms with Crippen LogP contribution in [0.25, 0.3) is 11.5 Å². The van der Waals surface area contributed by atoms with E-state index in [4.69, 9.17) is 4.42 Å². The monoisotopic (exact) mass is 263 g/mol. The van der Waals surface area contributed by atoms with Gasteiger partial charge < -0.3 is 4.42 Å². The summed E-state index contributed by atoms with van der Waals surface area (Å²) in [5.74, 6) is -0.270. The van der Waals surface area contributed by atoms with Gasteiger partial charge in [0.05, 0.1) is 0 Å². The average Bonchev–Trinajstić information content (AvgIpc) is 2.78. The lowest BCUT2D eigenvalue weighted by atomic mass is 9.99. The van der Waals surface area contributed by atoms with Crippen molar-refractivity contribution in [2.24, 2.45) is 0 Å². The molecule has 0 saturated carbocycles. The molecule has 1 heterocycles. The van der Waals surface area contributed by atoms with E-state index in [1.54, 1.807) is 26.8 Å². The molecule has 1 amide bonds. The molecule has 6 heteroatoms. The Kier molecular flexibility index (Phi) is 3.33. The zero-order chi connectivity index (χ0) is 14.2. The number of anilines is 1. The molecule has 5 nitrogen and oxygen atoms in total. The maximum Gasteiger partial charge on any atom is 0.322 e. The summed E-state index contributed by atoms with van der Waals surface area (Å²) in [6.45, 7) is 6.51. The van der Waals surface area contributed by atoms with E-state index in [0.717, 1.165) is 5.56 Å². The highest BCUT2D eigenvalue weighted by Gasteiger charge is 2.16. The van der Waals surface area contributed by atoms with E-state index in [9.17, 15) is 9.18 Å². The van der Waals surface area contributed by atoms with E-state index in [-0.39, 0.29) is 23.6 Å². The summed E-state index contributed by atoms with van der Waals surface area (Å²) < 4.78 is 19.1. The minimum Gasteiger partial charge on any atom is -0.403 e. The van der Waals surface area contributed by atoms with Gasteiger partial charge in [0.1, 0.15) is 5.82 Å². The predicted molar refractivity (Wildman–Crippen MR) is 68.2 cm³/mol. The standard InChI is InChI=1S/C13H14FN3O2/c1-6-5-10(7(2)8(3)11(6)14)12-16-17-13(19-12)15-9(4)18/h5H,1-4H3,(H,15,17,18). The van der Waals surface area contributed by atoms with E-state index >= 15 is 0 Å². The highest BCUT2D eigenvalue weighted by molar-refractivity contribution is 5.86. The van der Waals surface area contributed by atoms with Gasteiger partial charge in [-0.1, -0.05) is 5.10 Å². The number of amides is 1. The summed E-state index contributed by atoms with van der Waals surface area (Å²) in [5, 5.41) is 9.97. The van der Waals surface area contributed by atoms with Gasteiger partial charge in [0, 0.05) is 12.5 Å². The van der Waals surface area contributed by atoms with E-state index in [0.29, 0.717) is 16.7 Å². The SMILES string of the molecule is CC(=O)Nc1nnc(-c2cc(C)c(F)c(C)c2C)o1. The molecular weight excluding hydrogens is 249 g/mol. The van der Waals surface area contributed by atoms with Crippen LogP contribution in [0.3, 0.4) is 0 Å². The molecule has 0 unspecified atom stereocenters. The first-order valence-electron chi connectivity index (χ1n) is 5.78. The molecule has 1 aromatic carbocycles. The minimum atomic E-state index is -0.293. The lowest BCUT2D eigenvalue weighted by molar-refractivity contribution is -0.114. The lowest BCUT2D eigenvalue weighted by Gasteiger charge is -2.08. The molecule has 0 radical (unpaired) electrons. The number of rotatable bonds is 2. The van der Waals surface area contributed by atoms with E-state index in [2.05, 4.69) is 15.5 Å². The molecule has 2 aromatic rings. The smallest absolute Gasteiger partial charge is 0.322 e. The van der Waals surface area contributed by atoms with Crippen molar-refractivity contribution in [2.45, 2.75) is 27.7 Å². The number of aryl methyl sites for hydroxylation is 1. The Morgan fingerprint density at radius 3 is 2.58 bits per heavy atom. The molecule has 100 valence electrons. The molecular formula is C13H14FN3O2. The Balaban J connectivity index is 2.47. The number of aromatic nitrogens is 2. The third-order valence-corrected chi connectivity index (χ3v) is 2.94. The number of hydrogen-bond acceptors (Lipinski definition) is 4. The van der Waals surface area contributed by atoms with Crippen LogP contribution < -0.4 is 5.32 Å². The van der Waals surface area contributed by atoms with Crippen LogP contribution in [0.5, 0.6) is 0 Å². The topological polar surface area (TPSA) is 68.0 Å². The molecule has 0 aliphatic rings. The molecule has 0 fully saturated rings. The van der Waals surface area contributed by atoms with Crippen molar-refractivity contribution in [1.29, 1.82) is 0 Å². The Hall–Kier alpha value is -2.24. The van der Waals surface area contributed by atoms with Crippen molar-refractivity contribution >= 4 is 11.9 Å². The number of hydrogen-bond donors (Lipinski definition) is 1. The van der Waals surface area contributed by atoms with Crippen molar-refractivity contribution in [2.75, 3.05) is 5.32 Å². The fraction of sp³-hybridized carbons (Fsp3) is 0.308. The van der Waals surface area contributed by atoms with Gasteiger partial charge in [-0.15, -0.1) is 5.10 Å². The second-order valence-electron chi connectivity index (χ2n) is 4.40. The first-order valence-corrected chi connectivity index (χ1v) is 5.78. The van der Waals surface area contributed by atoms with Crippen LogP contribution in [0.15, 0.2) is 10.5 Å². The molecule has 19 heavy (non-hydrogen) atoms. The quantitative estimate of drug-likeness (QED) is 0.904. The van der Waals surface area contributed by atoms with Crippen molar-refractivity contribution in [3.63, 3.8) is 0 Å². The van der Waals surface area contributed by atoms with Gasteiger partial charge >= 0.3 is 6.01 Å². The third kappa shape index (κ3) is 2.47. The second-order valence-corrected chi connectivity index (χ2v) is 4.40. The van der Waals surface area contributed by atoms with Crippen LogP contribution >= 0.6 is 0 Å². The van der Waals surface area contributed by atoms with Gasteiger partial charge in [-0.25, -0.2) is 4.39 Å². The fourth-order valence-corrected chi connectivity index (χ4v) is 1.81. The van der Waals surface area contributed by atoms with E-state index < -0.39 is 0 Å². The first kappa shape index (κ1) is 13.2. The molecule has 0 aliphatic carbocycles. The molecule has 0 atom stereocenters. The lowest BCUT2D eigenvalue weighted by Crippen LogP contribution is -2.05. The largest absolute Gasteiger partial charge is 0.403 e. The minimum absolute atomic E-state index is 0.0292. The highest BCUT2D eigenvalue weighted by atomic mass is 19.1. The van der Waals surface area contributed by atoms with Gasteiger partial charge in [-0.05, 0) is 43.5 Å². The zero-order valence-corrected chi connectivity index (χ0v) is 11.2.